The second-order valence-electron chi connectivity index (χ2n) is 28.5. The Morgan fingerprint density at radius 2 is 0.866 bits per heavy atom. The van der Waals surface area contributed by atoms with Gasteiger partial charge in [0.15, 0.2) is 29.5 Å². The Kier molecular flexibility index (Phi) is 25.2. The van der Waals surface area contributed by atoms with E-state index in [1.165, 1.54) is 48.7 Å². The van der Waals surface area contributed by atoms with Crippen LogP contribution in [0.25, 0.3) is 37.9 Å². The summed E-state index contributed by atoms with van der Waals surface area (Å²) in [4.78, 5) is 9.20. The molecule has 6 aliphatic heterocycles. The van der Waals surface area contributed by atoms with Crippen molar-refractivity contribution in [2.75, 3.05) is 65.4 Å². The number of piperidine rings is 3. The van der Waals surface area contributed by atoms with Crippen LogP contribution in [0.5, 0.6) is 0 Å². The zero-order valence-corrected chi connectivity index (χ0v) is 62.0. The van der Waals surface area contributed by atoms with Crippen molar-refractivity contribution in [1.82, 2.24) is 24.6 Å². The molecule has 0 radical (unpaired) electrons. The van der Waals surface area contributed by atoms with E-state index >= 15 is 0 Å². The summed E-state index contributed by atoms with van der Waals surface area (Å²) in [5.74, 6) is 0.578. The summed E-state index contributed by atoms with van der Waals surface area (Å²) in [6.07, 6.45) is 15.9. The largest absolute Gasteiger partial charge is 0.490 e. The molecule has 0 unspecified atom stereocenters. The van der Waals surface area contributed by atoms with Crippen LogP contribution in [-0.4, -0.2) is 192 Å². The highest BCUT2D eigenvalue weighted by molar-refractivity contribution is 9.10. The molecule has 7 aliphatic rings. The zero-order chi connectivity index (χ0) is 69.6. The van der Waals surface area contributed by atoms with Crippen LogP contribution < -0.4 is 5.32 Å². The topological polar surface area (TPSA) is 227 Å². The SMILES string of the molecule is CB(O)N1CC=C(B2OC(C)(C)C(C)(C)O2)CC1.CB(O)N1CC=C(c2ccc(S(=O)(=O)C3CCN(B(C)O)CC3)c3ccccc23)CC1.CB(O)N1CCC(S(=O)(=O)c2ccc(Br)c3ccccc23)CC1.O=S(=O)(c1ccc(C2CCCCC2)c2ccccc12)C1CCNCC1. The molecule has 4 saturated heterocycles. The van der Waals surface area contributed by atoms with E-state index < -0.39 is 55.9 Å². The number of benzene rings is 6. The molecular weight excluding hydrogens is 1340 g/mol. The van der Waals surface area contributed by atoms with Gasteiger partial charge in [0.25, 0.3) is 0 Å². The Morgan fingerprint density at radius 1 is 0.464 bits per heavy atom. The molecule has 5 fully saturated rings. The smallest absolute Gasteiger partial charge is 0.437 e. The summed E-state index contributed by atoms with van der Waals surface area (Å²) in [5.41, 5.74) is 4.26. The molecule has 520 valence electrons. The average Bonchev–Trinajstić information content (AvgIpc) is 1.43. The molecule has 1 saturated carbocycles. The molecule has 6 aromatic rings. The molecular formula is C71H99B5BrN5O12S3. The van der Waals surface area contributed by atoms with Crippen molar-refractivity contribution >= 4 is 119 Å². The number of sulfone groups is 3. The van der Waals surface area contributed by atoms with E-state index in [0.29, 0.717) is 91.9 Å². The molecule has 26 heteroatoms. The van der Waals surface area contributed by atoms with Gasteiger partial charge in [-0.3, -0.25) is 0 Å². The van der Waals surface area contributed by atoms with E-state index in [2.05, 4.69) is 73.2 Å². The summed E-state index contributed by atoms with van der Waals surface area (Å²) in [5, 5.41) is 46.4. The highest BCUT2D eigenvalue weighted by Crippen LogP contribution is 2.42. The fraction of sp³-hybridized carbons (Fsp3) is 0.521. The lowest BCUT2D eigenvalue weighted by Gasteiger charge is -2.32. The van der Waals surface area contributed by atoms with Crippen molar-refractivity contribution in [1.29, 1.82) is 0 Å². The van der Waals surface area contributed by atoms with Gasteiger partial charge in [-0.25, -0.2) is 25.3 Å². The fourth-order valence-electron chi connectivity index (χ4n) is 14.9. The highest BCUT2D eigenvalue weighted by Gasteiger charge is 2.52. The molecule has 0 bridgehead atoms. The number of hydrogen-bond acceptors (Lipinski definition) is 17. The Morgan fingerprint density at radius 3 is 1.32 bits per heavy atom. The van der Waals surface area contributed by atoms with Crippen LogP contribution in [-0.2, 0) is 38.8 Å². The van der Waals surface area contributed by atoms with Crippen LogP contribution in [0.1, 0.15) is 128 Å². The number of hydrogen-bond donors (Lipinski definition) is 5. The molecule has 6 heterocycles. The van der Waals surface area contributed by atoms with E-state index in [1.54, 1.807) is 45.5 Å². The highest BCUT2D eigenvalue weighted by atomic mass is 79.9. The van der Waals surface area contributed by atoms with E-state index in [4.69, 9.17) is 9.31 Å². The third-order valence-corrected chi connectivity index (χ3v) is 29.3. The van der Waals surface area contributed by atoms with Gasteiger partial charge in [0, 0.05) is 33.7 Å². The third kappa shape index (κ3) is 17.3. The molecule has 5 N–H and O–H groups in total. The predicted octanol–water partition coefficient (Wildman–Crippen LogP) is 11.1. The molecule has 0 atom stereocenters. The average molecular weight is 1440 g/mol. The van der Waals surface area contributed by atoms with Gasteiger partial charge in [0.05, 0.1) is 41.6 Å². The maximum Gasteiger partial charge on any atom is 0.490 e. The summed E-state index contributed by atoms with van der Waals surface area (Å²) in [7, 11) is -12.3. The quantitative estimate of drug-likeness (QED) is 0.0678. The van der Waals surface area contributed by atoms with Crippen LogP contribution in [0.2, 0.25) is 27.3 Å². The Labute approximate surface area is 587 Å². The molecule has 0 aromatic heterocycles. The number of nitrogens with zero attached hydrogens (tertiary/aromatic N) is 4. The summed E-state index contributed by atoms with van der Waals surface area (Å²) >= 11 is 3.49. The standard InChI is InChI=1S/C22H30B2N2O4S.C21H27NO2S.C16H19BBrNO3S.C12H23B2NO3/c1-23(27)25-13-9-17(10-14-25)19-7-8-22(21-6-4-3-5-20(19)21)31(29,30)18-11-15-26(16-12-18)24(2)28;23-25(24,17-12-14-22-15-13-17)21-11-10-18(16-6-2-1-3-7-16)19-8-4-5-9-20(19)21;1-17(20)19-10-8-12(9-11-19)23(21,22)16-7-6-15(18)13-4-2-3-5-14(13)16;1-11(2)12(3,4)18-14(17-11)10-6-8-15(9-7-10)13(5)16/h3-9,18,27-28H,10-16H2,1-2H3;4-5,8-11,16-17,22H,1-3,6-7,12-15H2;2-7,12,20H,8-11H2,1H3;6,16H,7-9H2,1-5H3. The molecule has 17 nitrogen and oxygen atoms in total. The minimum atomic E-state index is -3.47. The van der Waals surface area contributed by atoms with Crippen LogP contribution in [0.3, 0.4) is 0 Å². The van der Waals surface area contributed by atoms with Crippen LogP contribution in [0.15, 0.2) is 146 Å². The minimum absolute atomic E-state index is 0.230. The van der Waals surface area contributed by atoms with Crippen molar-refractivity contribution < 1.29 is 54.7 Å². The molecule has 97 heavy (non-hydrogen) atoms. The molecule has 6 aromatic carbocycles. The number of fused-ring (bicyclic) bond motifs is 3. The first-order chi connectivity index (χ1) is 46.1. The van der Waals surface area contributed by atoms with Crippen molar-refractivity contribution in [3.8, 4) is 0 Å². The van der Waals surface area contributed by atoms with E-state index in [1.807, 2.05) is 98.1 Å². The lowest BCUT2D eigenvalue weighted by molar-refractivity contribution is 0.00578. The lowest BCUT2D eigenvalue weighted by Crippen LogP contribution is -2.45. The lowest BCUT2D eigenvalue weighted by atomic mass is 9.72. The normalized spacial score (nSPS) is 20.8. The van der Waals surface area contributed by atoms with E-state index in [0.717, 1.165) is 87.9 Å². The minimum Gasteiger partial charge on any atom is -0.437 e. The summed E-state index contributed by atoms with van der Waals surface area (Å²) in [6, 6.07) is 34.6. The van der Waals surface area contributed by atoms with Gasteiger partial charge in [-0.15, -0.1) is 0 Å². The van der Waals surface area contributed by atoms with E-state index in [9.17, 15) is 45.3 Å². The first-order valence-corrected chi connectivity index (χ1v) is 40.6. The Hall–Kier alpha value is -4.21. The molecule has 13 rings (SSSR count). The van der Waals surface area contributed by atoms with Crippen molar-refractivity contribution in [3.05, 3.63) is 142 Å². The van der Waals surface area contributed by atoms with Gasteiger partial charge < -0.3 is 54.0 Å². The maximum absolute atomic E-state index is 13.6. The second kappa shape index (κ2) is 32.4. The maximum atomic E-state index is 13.6. The summed E-state index contributed by atoms with van der Waals surface area (Å²) < 4.78 is 92.8. The van der Waals surface area contributed by atoms with Gasteiger partial charge >= 0.3 is 35.3 Å². The first kappa shape index (κ1) is 75.5. The van der Waals surface area contributed by atoms with Crippen LogP contribution in [0, 0.1) is 0 Å². The van der Waals surface area contributed by atoms with Crippen LogP contribution >= 0.6 is 15.9 Å². The van der Waals surface area contributed by atoms with Crippen molar-refractivity contribution in [2.24, 2.45) is 0 Å². The predicted molar refractivity (Wildman–Crippen MR) is 402 cm³/mol. The number of nitrogens with one attached hydrogen (secondary N) is 1. The second-order valence-corrected chi connectivity index (χ2v) is 35.9. The molecule has 0 amide bonds. The Balaban J connectivity index is 0.000000143. The zero-order valence-electron chi connectivity index (χ0n) is 58.0. The molecule has 1 aliphatic carbocycles. The monoisotopic (exact) mass is 1440 g/mol. The Bertz CT molecular complexity index is 4110. The number of halogens is 1. The van der Waals surface area contributed by atoms with Crippen molar-refractivity contribution in [3.63, 3.8) is 0 Å². The summed E-state index contributed by atoms with van der Waals surface area (Å²) in [6.45, 7) is 22.3. The third-order valence-electron chi connectivity index (χ3n) is 21.7. The van der Waals surface area contributed by atoms with Gasteiger partial charge in [-0.05, 0) is 240 Å². The van der Waals surface area contributed by atoms with Gasteiger partial charge in [0.2, 0.25) is 0 Å². The van der Waals surface area contributed by atoms with Gasteiger partial charge in [0.1, 0.15) is 0 Å². The fourth-order valence-corrected chi connectivity index (χ4v) is 21.2. The van der Waals surface area contributed by atoms with Gasteiger partial charge in [-0.1, -0.05) is 132 Å². The first-order valence-electron chi connectivity index (χ1n) is 35.2. The van der Waals surface area contributed by atoms with Crippen molar-refractivity contribution in [2.45, 2.75) is 186 Å². The molecule has 0 spiro atoms. The number of rotatable bonds is 13. The van der Waals surface area contributed by atoms with Crippen LogP contribution in [0.4, 0.5) is 0 Å². The van der Waals surface area contributed by atoms with E-state index in [-0.39, 0.29) is 35.9 Å². The van der Waals surface area contributed by atoms with Gasteiger partial charge in [-0.2, -0.15) is 0 Å².